The van der Waals surface area contributed by atoms with Gasteiger partial charge in [0.1, 0.15) is 0 Å². The molecule has 0 aromatic carbocycles. The van der Waals surface area contributed by atoms with Gasteiger partial charge in [0.2, 0.25) is 0 Å². The number of nitrogens with one attached hydrogen (secondary N) is 1. The summed E-state index contributed by atoms with van der Waals surface area (Å²) in [7, 11) is 2.11. The maximum Gasteiger partial charge on any atom is 0.0685 e. The normalized spacial score (nSPS) is 30.4. The molecule has 17 heavy (non-hydrogen) atoms. The van der Waals surface area contributed by atoms with E-state index in [2.05, 4.69) is 18.6 Å². The Morgan fingerprint density at radius 2 is 2.12 bits per heavy atom. The molecule has 0 aromatic heterocycles. The fraction of sp³-hybridized carbons (Fsp3) is 1.00. The largest absolute Gasteiger partial charge is 0.375 e. The molecule has 1 saturated carbocycles. The highest BCUT2D eigenvalue weighted by Crippen LogP contribution is 2.41. The third-order valence-electron chi connectivity index (χ3n) is 4.58. The summed E-state index contributed by atoms with van der Waals surface area (Å²) < 4.78 is 6.17. The van der Waals surface area contributed by atoms with Gasteiger partial charge in [0.25, 0.3) is 0 Å². The Balaban J connectivity index is 1.95. The van der Waals surface area contributed by atoms with E-state index in [4.69, 9.17) is 4.74 Å². The van der Waals surface area contributed by atoms with Crippen LogP contribution in [0, 0.1) is 5.92 Å². The first-order chi connectivity index (χ1) is 8.29. The molecule has 1 aliphatic carbocycles. The Morgan fingerprint density at radius 1 is 1.35 bits per heavy atom. The van der Waals surface area contributed by atoms with Gasteiger partial charge in [-0.25, -0.2) is 0 Å². The molecule has 0 bridgehead atoms. The summed E-state index contributed by atoms with van der Waals surface area (Å²) in [5, 5.41) is 3.52. The standard InChI is InChI=1S/C14H27NOS/c1-15-13(11-17-2)12-6-9-16-14(10-12)7-4-3-5-8-14/h12-13,15H,3-11H2,1-2H3. The number of rotatable bonds is 4. The monoisotopic (exact) mass is 257 g/mol. The van der Waals surface area contributed by atoms with Crippen molar-refractivity contribution < 1.29 is 4.74 Å². The lowest BCUT2D eigenvalue weighted by atomic mass is 9.74. The molecule has 1 spiro atoms. The van der Waals surface area contributed by atoms with Crippen molar-refractivity contribution in [2.75, 3.05) is 25.7 Å². The van der Waals surface area contributed by atoms with Gasteiger partial charge in [-0.3, -0.25) is 0 Å². The van der Waals surface area contributed by atoms with Crippen LogP contribution in [0.4, 0.5) is 0 Å². The van der Waals surface area contributed by atoms with Gasteiger partial charge in [-0.15, -0.1) is 0 Å². The summed E-state index contributed by atoms with van der Waals surface area (Å²) in [5.74, 6) is 2.05. The minimum Gasteiger partial charge on any atom is -0.375 e. The number of thioether (sulfide) groups is 1. The summed E-state index contributed by atoms with van der Waals surface area (Å²) in [6, 6.07) is 0.674. The van der Waals surface area contributed by atoms with Crippen LogP contribution >= 0.6 is 11.8 Å². The van der Waals surface area contributed by atoms with Gasteiger partial charge in [-0.05, 0) is 44.9 Å². The van der Waals surface area contributed by atoms with Crippen molar-refractivity contribution in [2.24, 2.45) is 5.92 Å². The van der Waals surface area contributed by atoms with Crippen LogP contribution < -0.4 is 5.32 Å². The molecule has 2 unspecified atom stereocenters. The Morgan fingerprint density at radius 3 is 2.76 bits per heavy atom. The maximum atomic E-state index is 6.17. The van der Waals surface area contributed by atoms with E-state index in [1.165, 1.54) is 50.7 Å². The predicted molar refractivity (Wildman–Crippen MR) is 75.7 cm³/mol. The Hall–Kier alpha value is 0.270. The SMILES string of the molecule is CNC(CSC)C1CCOC2(CCCCC2)C1. The van der Waals surface area contributed by atoms with Crippen LogP contribution in [0.2, 0.25) is 0 Å². The van der Waals surface area contributed by atoms with Crippen molar-refractivity contribution >= 4 is 11.8 Å². The zero-order chi connectivity index (χ0) is 12.1. The molecule has 1 heterocycles. The zero-order valence-corrected chi connectivity index (χ0v) is 12.2. The number of hydrogen-bond acceptors (Lipinski definition) is 3. The smallest absolute Gasteiger partial charge is 0.0685 e. The predicted octanol–water partition coefficient (Wildman–Crippen LogP) is 3.07. The van der Waals surface area contributed by atoms with Crippen LogP contribution in [0.25, 0.3) is 0 Å². The van der Waals surface area contributed by atoms with Gasteiger partial charge in [0.15, 0.2) is 0 Å². The molecule has 100 valence electrons. The third kappa shape index (κ3) is 3.39. The van der Waals surface area contributed by atoms with Crippen molar-refractivity contribution in [3.05, 3.63) is 0 Å². The lowest BCUT2D eigenvalue weighted by Crippen LogP contribution is -2.47. The molecular weight excluding hydrogens is 230 g/mol. The van der Waals surface area contributed by atoms with Crippen molar-refractivity contribution in [3.8, 4) is 0 Å². The van der Waals surface area contributed by atoms with E-state index < -0.39 is 0 Å². The first-order valence-corrected chi connectivity index (χ1v) is 8.49. The Bertz CT molecular complexity index is 223. The zero-order valence-electron chi connectivity index (χ0n) is 11.3. The topological polar surface area (TPSA) is 21.3 Å². The minimum atomic E-state index is 0.259. The molecule has 2 aliphatic rings. The van der Waals surface area contributed by atoms with E-state index >= 15 is 0 Å². The molecule has 2 rings (SSSR count). The van der Waals surface area contributed by atoms with Gasteiger partial charge >= 0.3 is 0 Å². The van der Waals surface area contributed by atoms with Crippen LogP contribution in [0.5, 0.6) is 0 Å². The molecule has 0 aromatic rings. The fourth-order valence-electron chi connectivity index (χ4n) is 3.59. The van der Waals surface area contributed by atoms with E-state index in [-0.39, 0.29) is 5.60 Å². The molecule has 2 nitrogen and oxygen atoms in total. The highest BCUT2D eigenvalue weighted by atomic mass is 32.2. The average molecular weight is 257 g/mol. The second-order valence-electron chi connectivity index (χ2n) is 5.70. The molecule has 3 heteroatoms. The van der Waals surface area contributed by atoms with Crippen LogP contribution in [0.15, 0.2) is 0 Å². The molecule has 1 N–H and O–H groups in total. The molecule has 0 amide bonds. The van der Waals surface area contributed by atoms with Gasteiger partial charge in [-0.1, -0.05) is 19.3 Å². The number of ether oxygens (including phenoxy) is 1. The van der Waals surface area contributed by atoms with Crippen LogP contribution in [0.1, 0.15) is 44.9 Å². The van der Waals surface area contributed by atoms with Gasteiger partial charge in [-0.2, -0.15) is 11.8 Å². The highest BCUT2D eigenvalue weighted by Gasteiger charge is 2.40. The maximum absolute atomic E-state index is 6.17. The van der Waals surface area contributed by atoms with E-state index in [0.29, 0.717) is 6.04 Å². The summed E-state index contributed by atoms with van der Waals surface area (Å²) >= 11 is 1.96. The minimum absolute atomic E-state index is 0.259. The van der Waals surface area contributed by atoms with Crippen LogP contribution in [-0.2, 0) is 4.74 Å². The Kier molecular flexibility index (Phi) is 5.19. The second-order valence-corrected chi connectivity index (χ2v) is 6.61. The lowest BCUT2D eigenvalue weighted by Gasteiger charge is -2.45. The lowest BCUT2D eigenvalue weighted by molar-refractivity contribution is -0.120. The fourth-order valence-corrected chi connectivity index (χ4v) is 4.39. The summed E-state index contributed by atoms with van der Waals surface area (Å²) in [6.07, 6.45) is 11.5. The van der Waals surface area contributed by atoms with Crippen LogP contribution in [0.3, 0.4) is 0 Å². The van der Waals surface area contributed by atoms with Gasteiger partial charge < -0.3 is 10.1 Å². The average Bonchev–Trinajstić information content (AvgIpc) is 2.37. The second kappa shape index (κ2) is 6.44. The van der Waals surface area contributed by atoms with Gasteiger partial charge in [0.05, 0.1) is 5.60 Å². The quantitative estimate of drug-likeness (QED) is 0.836. The summed E-state index contributed by atoms with van der Waals surface area (Å²) in [5.41, 5.74) is 0.259. The summed E-state index contributed by atoms with van der Waals surface area (Å²) in [6.45, 7) is 0.983. The molecule has 2 fully saturated rings. The first kappa shape index (κ1) is 13.7. The third-order valence-corrected chi connectivity index (χ3v) is 5.27. The first-order valence-electron chi connectivity index (χ1n) is 7.10. The molecule has 2 atom stereocenters. The van der Waals surface area contributed by atoms with Crippen molar-refractivity contribution in [1.82, 2.24) is 5.32 Å². The Labute approximate surface area is 110 Å². The summed E-state index contributed by atoms with van der Waals surface area (Å²) in [4.78, 5) is 0. The van der Waals surface area contributed by atoms with Crippen molar-refractivity contribution in [3.63, 3.8) is 0 Å². The van der Waals surface area contributed by atoms with E-state index in [1.807, 2.05) is 11.8 Å². The van der Waals surface area contributed by atoms with Crippen molar-refractivity contribution in [1.29, 1.82) is 0 Å². The highest BCUT2D eigenvalue weighted by molar-refractivity contribution is 7.98. The van der Waals surface area contributed by atoms with Gasteiger partial charge in [0, 0.05) is 18.4 Å². The molecule has 1 saturated heterocycles. The van der Waals surface area contributed by atoms with E-state index in [9.17, 15) is 0 Å². The van der Waals surface area contributed by atoms with E-state index in [1.54, 1.807) is 0 Å². The number of hydrogen-bond donors (Lipinski definition) is 1. The van der Waals surface area contributed by atoms with E-state index in [0.717, 1.165) is 12.5 Å². The van der Waals surface area contributed by atoms with Crippen LogP contribution in [-0.4, -0.2) is 37.3 Å². The molecular formula is C14H27NOS. The molecule has 1 aliphatic heterocycles. The molecule has 0 radical (unpaired) electrons. The van der Waals surface area contributed by atoms with Crippen molar-refractivity contribution in [2.45, 2.75) is 56.6 Å².